The van der Waals surface area contributed by atoms with Gasteiger partial charge in [-0.1, -0.05) is 32.9 Å². The van der Waals surface area contributed by atoms with Crippen LogP contribution in [0, 0.1) is 5.92 Å². The van der Waals surface area contributed by atoms with Gasteiger partial charge in [0.15, 0.2) is 0 Å². The molecule has 21 heavy (non-hydrogen) atoms. The van der Waals surface area contributed by atoms with Crippen LogP contribution in [0.1, 0.15) is 51.6 Å². The average Bonchev–Trinajstić information content (AvgIpc) is 2.51. The zero-order chi connectivity index (χ0) is 15.2. The molecule has 3 heteroatoms. The molecule has 0 amide bonds. The van der Waals surface area contributed by atoms with E-state index < -0.39 is 0 Å². The van der Waals surface area contributed by atoms with Gasteiger partial charge in [0.1, 0.15) is 0 Å². The maximum Gasteiger partial charge on any atom is 0.0741 e. The third-order valence-electron chi connectivity index (χ3n) is 4.63. The number of nitrogens with one attached hydrogen (secondary N) is 1. The molecule has 3 unspecified atom stereocenters. The molecule has 1 aromatic rings. The van der Waals surface area contributed by atoms with Crippen LogP contribution in [0.2, 0.25) is 0 Å². The van der Waals surface area contributed by atoms with E-state index in [0.29, 0.717) is 12.0 Å². The quantitative estimate of drug-likeness (QED) is 0.843. The van der Waals surface area contributed by atoms with Gasteiger partial charge in [0.05, 0.1) is 6.10 Å². The van der Waals surface area contributed by atoms with Gasteiger partial charge in [0.2, 0.25) is 0 Å². The summed E-state index contributed by atoms with van der Waals surface area (Å²) in [7, 11) is 0. The Balaban J connectivity index is 2.01. The molecule has 0 aromatic heterocycles. The van der Waals surface area contributed by atoms with Crippen molar-refractivity contribution in [1.29, 1.82) is 0 Å². The van der Waals surface area contributed by atoms with Gasteiger partial charge in [-0.05, 0) is 49.4 Å². The number of aliphatic hydroxyl groups is 1. The minimum atomic E-state index is -0.201. The van der Waals surface area contributed by atoms with Crippen LogP contribution in [-0.4, -0.2) is 30.8 Å². The summed E-state index contributed by atoms with van der Waals surface area (Å²) in [5.41, 5.74) is 2.59. The van der Waals surface area contributed by atoms with Gasteiger partial charge in [-0.25, -0.2) is 0 Å². The lowest BCUT2D eigenvalue weighted by Gasteiger charge is -2.36. The Bertz CT molecular complexity index is 418. The summed E-state index contributed by atoms with van der Waals surface area (Å²) in [6, 6.07) is 9.32. The first-order chi connectivity index (χ1) is 10.2. The van der Waals surface area contributed by atoms with Gasteiger partial charge < -0.3 is 15.3 Å². The predicted molar refractivity (Wildman–Crippen MR) is 89.8 cm³/mol. The number of anilines is 1. The average molecular weight is 290 g/mol. The first kappa shape index (κ1) is 16.3. The van der Waals surface area contributed by atoms with Crippen LogP contribution < -0.4 is 10.2 Å². The minimum Gasteiger partial charge on any atom is -0.391 e. The van der Waals surface area contributed by atoms with E-state index in [1.54, 1.807) is 0 Å². The number of nitrogens with zero attached hydrogens (tertiary/aromatic N) is 1. The fourth-order valence-electron chi connectivity index (χ4n) is 3.02. The smallest absolute Gasteiger partial charge is 0.0741 e. The molecule has 1 aliphatic rings. The molecule has 1 heterocycles. The Morgan fingerprint density at radius 1 is 1.29 bits per heavy atom. The fraction of sp³-hybridized carbons (Fsp3) is 0.667. The highest BCUT2D eigenvalue weighted by Crippen LogP contribution is 2.25. The Morgan fingerprint density at radius 3 is 2.57 bits per heavy atom. The molecule has 1 aliphatic heterocycles. The van der Waals surface area contributed by atoms with Gasteiger partial charge in [-0.15, -0.1) is 0 Å². The van der Waals surface area contributed by atoms with Gasteiger partial charge in [-0.3, -0.25) is 0 Å². The van der Waals surface area contributed by atoms with Gasteiger partial charge in [-0.2, -0.15) is 0 Å². The summed E-state index contributed by atoms with van der Waals surface area (Å²) in [6.07, 6.45) is 3.14. The highest BCUT2D eigenvalue weighted by atomic mass is 16.3. The number of rotatable bonds is 6. The molecule has 2 N–H and O–H groups in total. The lowest BCUT2D eigenvalue weighted by Crippen LogP contribution is -2.42. The molecule has 0 bridgehead atoms. The van der Waals surface area contributed by atoms with Crippen molar-refractivity contribution in [2.24, 2.45) is 5.92 Å². The van der Waals surface area contributed by atoms with Crippen LogP contribution in [0.5, 0.6) is 0 Å². The third-order valence-corrected chi connectivity index (χ3v) is 4.63. The van der Waals surface area contributed by atoms with Crippen molar-refractivity contribution in [2.45, 2.75) is 52.2 Å². The SMILES string of the molecule is CCCNC(CC)c1ccc(N2CCC(C)C(O)C2)cc1. The van der Waals surface area contributed by atoms with Crippen molar-refractivity contribution < 1.29 is 5.11 Å². The van der Waals surface area contributed by atoms with Gasteiger partial charge >= 0.3 is 0 Å². The van der Waals surface area contributed by atoms with E-state index in [9.17, 15) is 5.11 Å². The zero-order valence-corrected chi connectivity index (χ0v) is 13.7. The molecule has 3 atom stereocenters. The zero-order valence-electron chi connectivity index (χ0n) is 13.7. The van der Waals surface area contributed by atoms with E-state index in [1.165, 1.54) is 17.7 Å². The van der Waals surface area contributed by atoms with E-state index in [0.717, 1.165) is 32.5 Å². The maximum atomic E-state index is 10.0. The van der Waals surface area contributed by atoms with Crippen molar-refractivity contribution in [2.75, 3.05) is 24.5 Å². The Labute approximate surface area is 129 Å². The molecule has 0 aliphatic carbocycles. The third kappa shape index (κ3) is 4.21. The first-order valence-corrected chi connectivity index (χ1v) is 8.42. The second-order valence-electron chi connectivity index (χ2n) is 6.29. The number of hydrogen-bond donors (Lipinski definition) is 2. The van der Waals surface area contributed by atoms with Crippen LogP contribution in [0.4, 0.5) is 5.69 Å². The molecule has 2 rings (SSSR count). The summed E-state index contributed by atoms with van der Waals surface area (Å²) < 4.78 is 0. The number of β-amino-alcohol motifs (C(OH)–C–C–N with tert-alkyl or cyclic N) is 1. The monoisotopic (exact) mass is 290 g/mol. The highest BCUT2D eigenvalue weighted by Gasteiger charge is 2.24. The van der Waals surface area contributed by atoms with E-state index in [2.05, 4.69) is 55.3 Å². The molecule has 118 valence electrons. The van der Waals surface area contributed by atoms with Gasteiger partial charge in [0, 0.05) is 24.8 Å². The first-order valence-electron chi connectivity index (χ1n) is 8.42. The molecule has 1 aromatic carbocycles. The lowest BCUT2D eigenvalue weighted by atomic mass is 9.95. The van der Waals surface area contributed by atoms with E-state index in [1.807, 2.05) is 0 Å². The molecule has 1 saturated heterocycles. The van der Waals surface area contributed by atoms with Crippen molar-refractivity contribution in [3.63, 3.8) is 0 Å². The van der Waals surface area contributed by atoms with Crippen LogP contribution >= 0.6 is 0 Å². The largest absolute Gasteiger partial charge is 0.391 e. The summed E-state index contributed by atoms with van der Waals surface area (Å²) in [4.78, 5) is 2.30. The van der Waals surface area contributed by atoms with Crippen LogP contribution in [0.15, 0.2) is 24.3 Å². The summed E-state index contributed by atoms with van der Waals surface area (Å²) >= 11 is 0. The molecule has 1 fully saturated rings. The van der Waals surface area contributed by atoms with Gasteiger partial charge in [0.25, 0.3) is 0 Å². The van der Waals surface area contributed by atoms with Crippen LogP contribution in [-0.2, 0) is 0 Å². The van der Waals surface area contributed by atoms with E-state index >= 15 is 0 Å². The van der Waals surface area contributed by atoms with Crippen LogP contribution in [0.3, 0.4) is 0 Å². The normalized spacial score (nSPS) is 24.1. The molecule has 0 saturated carbocycles. The van der Waals surface area contributed by atoms with Crippen LogP contribution in [0.25, 0.3) is 0 Å². The summed E-state index contributed by atoms with van der Waals surface area (Å²) in [5.74, 6) is 0.420. The second-order valence-corrected chi connectivity index (χ2v) is 6.29. The minimum absolute atomic E-state index is 0.201. The Kier molecular flexibility index (Phi) is 6.07. The van der Waals surface area contributed by atoms with Crippen molar-refractivity contribution in [3.05, 3.63) is 29.8 Å². The molecule has 0 radical (unpaired) electrons. The fourth-order valence-corrected chi connectivity index (χ4v) is 3.02. The topological polar surface area (TPSA) is 35.5 Å². The molecular formula is C18H30N2O. The van der Waals surface area contributed by atoms with Crippen molar-refractivity contribution in [1.82, 2.24) is 5.32 Å². The summed E-state index contributed by atoms with van der Waals surface area (Å²) in [5, 5.41) is 13.6. The van der Waals surface area contributed by atoms with Crippen molar-refractivity contribution >= 4 is 5.69 Å². The number of piperidine rings is 1. The molecule has 0 spiro atoms. The second kappa shape index (κ2) is 7.81. The number of aliphatic hydroxyl groups excluding tert-OH is 1. The highest BCUT2D eigenvalue weighted by molar-refractivity contribution is 5.48. The Hall–Kier alpha value is -1.06. The summed E-state index contributed by atoms with van der Waals surface area (Å²) in [6.45, 7) is 9.43. The number of benzene rings is 1. The Morgan fingerprint density at radius 2 is 2.00 bits per heavy atom. The predicted octanol–water partition coefficient (Wildman–Crippen LogP) is 3.34. The van der Waals surface area contributed by atoms with E-state index in [-0.39, 0.29) is 6.10 Å². The standard InChI is InChI=1S/C18H30N2O/c1-4-11-19-17(5-2)15-6-8-16(9-7-15)20-12-10-14(3)18(21)13-20/h6-9,14,17-19,21H,4-5,10-13H2,1-3H3. The molecule has 3 nitrogen and oxygen atoms in total. The maximum absolute atomic E-state index is 10.0. The van der Waals surface area contributed by atoms with Crippen molar-refractivity contribution in [3.8, 4) is 0 Å². The molecular weight excluding hydrogens is 260 g/mol. The lowest BCUT2D eigenvalue weighted by molar-refractivity contribution is 0.103. The van der Waals surface area contributed by atoms with E-state index in [4.69, 9.17) is 0 Å². The number of hydrogen-bond acceptors (Lipinski definition) is 3.